The number of piperidine rings is 1. The third kappa shape index (κ3) is 4.43. The Balaban J connectivity index is 1.58. The summed E-state index contributed by atoms with van der Waals surface area (Å²) in [5.41, 5.74) is -0.0852. The fraction of sp³-hybridized carbons (Fsp3) is 0.632. The molecule has 2 heterocycles. The van der Waals surface area contributed by atoms with Crippen LogP contribution in [0.1, 0.15) is 40.5 Å². The Morgan fingerprint density at radius 2 is 1.74 bits per heavy atom. The molecule has 2 aliphatic heterocycles. The molecule has 0 atom stereocenters. The van der Waals surface area contributed by atoms with Crippen molar-refractivity contribution in [1.29, 1.82) is 0 Å². The lowest BCUT2D eigenvalue weighted by Gasteiger charge is -2.32. The summed E-state index contributed by atoms with van der Waals surface area (Å²) in [5, 5.41) is 0. The highest BCUT2D eigenvalue weighted by molar-refractivity contribution is 6.62. The van der Waals surface area contributed by atoms with Gasteiger partial charge in [0.1, 0.15) is 5.75 Å². The molecule has 0 aliphatic carbocycles. The molecule has 1 aromatic rings. The molecule has 0 N–H and O–H groups in total. The molecule has 0 radical (unpaired) electrons. The molecule has 0 aromatic heterocycles. The lowest BCUT2D eigenvalue weighted by Crippen LogP contribution is -2.44. The van der Waals surface area contributed by atoms with Crippen LogP contribution in [0.5, 0.6) is 5.75 Å². The first-order valence-corrected chi connectivity index (χ1v) is 9.23. The number of carbonyl (C=O) groups is 1. The summed E-state index contributed by atoms with van der Waals surface area (Å²) in [7, 11) is -0.515. The molecule has 0 saturated carbocycles. The average Bonchev–Trinajstić information content (AvgIpc) is 2.81. The van der Waals surface area contributed by atoms with Crippen LogP contribution in [0.2, 0.25) is 0 Å². The van der Waals surface area contributed by atoms with Crippen LogP contribution in [-0.4, -0.2) is 54.7 Å². The number of carbonyl (C=O) groups excluding carboxylic acids is 1. The third-order valence-electron chi connectivity index (χ3n) is 5.59. The monoisotopic (exact) mass is 381 g/mol. The Bertz CT molecular complexity index is 685. The topological polar surface area (TPSA) is 48.0 Å². The molecule has 2 fully saturated rings. The molecule has 3 rings (SSSR count). The van der Waals surface area contributed by atoms with Gasteiger partial charge < -0.3 is 18.9 Å². The largest absolute Gasteiger partial charge is 0.494 e. The van der Waals surface area contributed by atoms with E-state index in [1.807, 2.05) is 39.8 Å². The number of hydrogen-bond donors (Lipinski definition) is 0. The zero-order valence-corrected chi connectivity index (χ0v) is 16.3. The fourth-order valence-corrected chi connectivity index (χ4v) is 3.05. The first-order chi connectivity index (χ1) is 12.5. The van der Waals surface area contributed by atoms with E-state index in [0.717, 1.165) is 5.46 Å². The van der Waals surface area contributed by atoms with Gasteiger partial charge in [-0.25, -0.2) is 8.78 Å². The number of rotatable bonds is 4. The van der Waals surface area contributed by atoms with Crippen molar-refractivity contribution in [2.75, 3.05) is 19.7 Å². The van der Waals surface area contributed by atoms with Gasteiger partial charge >= 0.3 is 7.12 Å². The summed E-state index contributed by atoms with van der Waals surface area (Å²) < 4.78 is 44.0. The lowest BCUT2D eigenvalue weighted by molar-refractivity contribution is -0.139. The molecular weight excluding hydrogens is 355 g/mol. The molecule has 8 heteroatoms. The SMILES string of the molecule is CC1(C)OB(c2cccc(OCC(=O)N3CCC(F)(F)CC3)c2)OC1(C)C. The highest BCUT2D eigenvalue weighted by Crippen LogP contribution is 2.36. The maximum absolute atomic E-state index is 13.2. The van der Waals surface area contributed by atoms with Gasteiger partial charge in [-0.05, 0) is 45.3 Å². The fourth-order valence-electron chi connectivity index (χ4n) is 3.05. The summed E-state index contributed by atoms with van der Waals surface area (Å²) in [5.74, 6) is -2.45. The van der Waals surface area contributed by atoms with Gasteiger partial charge in [0, 0.05) is 25.9 Å². The summed E-state index contributed by atoms with van der Waals surface area (Å²) in [6, 6.07) is 7.21. The van der Waals surface area contributed by atoms with Crippen molar-refractivity contribution in [2.24, 2.45) is 0 Å². The minimum absolute atomic E-state index is 0.0587. The first-order valence-electron chi connectivity index (χ1n) is 9.23. The number of halogens is 2. The molecule has 0 spiro atoms. The standard InChI is InChI=1S/C19H26BF2NO4/c1-17(2)18(3,4)27-20(26-17)14-6-5-7-15(12-14)25-13-16(24)23-10-8-19(21,22)9-11-23/h5-7,12H,8-11,13H2,1-4H3. The molecule has 5 nitrogen and oxygen atoms in total. The van der Waals surface area contributed by atoms with Crippen LogP contribution >= 0.6 is 0 Å². The summed E-state index contributed by atoms with van der Waals surface area (Å²) in [6.07, 6.45) is -0.591. The lowest BCUT2D eigenvalue weighted by atomic mass is 9.79. The maximum atomic E-state index is 13.2. The number of hydrogen-bond acceptors (Lipinski definition) is 4. The van der Waals surface area contributed by atoms with E-state index in [0.29, 0.717) is 5.75 Å². The normalized spacial score (nSPS) is 23.3. The quantitative estimate of drug-likeness (QED) is 0.753. The van der Waals surface area contributed by atoms with E-state index in [-0.39, 0.29) is 38.4 Å². The average molecular weight is 381 g/mol. The number of likely N-dealkylation sites (tertiary alicyclic amines) is 1. The summed E-state index contributed by atoms with van der Waals surface area (Å²) in [4.78, 5) is 13.6. The molecule has 1 amide bonds. The van der Waals surface area contributed by atoms with E-state index >= 15 is 0 Å². The van der Waals surface area contributed by atoms with Gasteiger partial charge in [-0.3, -0.25) is 4.79 Å². The van der Waals surface area contributed by atoms with Gasteiger partial charge in [0.15, 0.2) is 6.61 Å². The first kappa shape index (κ1) is 20.1. The van der Waals surface area contributed by atoms with Crippen molar-refractivity contribution >= 4 is 18.5 Å². The van der Waals surface area contributed by atoms with Crippen LogP contribution in [-0.2, 0) is 14.1 Å². The van der Waals surface area contributed by atoms with Crippen LogP contribution in [0.15, 0.2) is 24.3 Å². The maximum Gasteiger partial charge on any atom is 0.494 e. The second kappa shape index (κ2) is 7.06. The smallest absolute Gasteiger partial charge is 0.484 e. The molecule has 0 bridgehead atoms. The van der Waals surface area contributed by atoms with Gasteiger partial charge in [0.2, 0.25) is 0 Å². The predicted molar refractivity (Wildman–Crippen MR) is 98.4 cm³/mol. The van der Waals surface area contributed by atoms with E-state index in [1.54, 1.807) is 12.1 Å². The molecule has 1 aromatic carbocycles. The Kier molecular flexibility index (Phi) is 5.25. The van der Waals surface area contributed by atoms with Gasteiger partial charge in [-0.1, -0.05) is 12.1 Å². The van der Waals surface area contributed by atoms with E-state index in [4.69, 9.17) is 14.0 Å². The number of benzene rings is 1. The minimum Gasteiger partial charge on any atom is -0.484 e. The summed E-state index contributed by atoms with van der Waals surface area (Å²) >= 11 is 0. The van der Waals surface area contributed by atoms with Crippen molar-refractivity contribution in [2.45, 2.75) is 57.7 Å². The number of amides is 1. The van der Waals surface area contributed by atoms with E-state index in [1.165, 1.54) is 4.90 Å². The van der Waals surface area contributed by atoms with E-state index in [9.17, 15) is 13.6 Å². The minimum atomic E-state index is -2.67. The third-order valence-corrected chi connectivity index (χ3v) is 5.59. The zero-order chi connectivity index (χ0) is 19.9. The molecule has 2 aliphatic rings. The second-order valence-corrected chi connectivity index (χ2v) is 8.19. The van der Waals surface area contributed by atoms with Crippen LogP contribution in [0.3, 0.4) is 0 Å². The summed E-state index contributed by atoms with van der Waals surface area (Å²) in [6.45, 7) is 7.86. The van der Waals surface area contributed by atoms with E-state index in [2.05, 4.69) is 0 Å². The zero-order valence-electron chi connectivity index (χ0n) is 16.3. The molecule has 2 saturated heterocycles. The van der Waals surface area contributed by atoms with Crippen LogP contribution in [0.25, 0.3) is 0 Å². The molecular formula is C19H26BF2NO4. The Labute approximate surface area is 159 Å². The number of ether oxygens (including phenoxy) is 1. The Morgan fingerprint density at radius 3 is 2.33 bits per heavy atom. The van der Waals surface area contributed by atoms with Gasteiger partial charge in [0.05, 0.1) is 11.2 Å². The highest BCUT2D eigenvalue weighted by atomic mass is 19.3. The van der Waals surface area contributed by atoms with Gasteiger partial charge in [-0.2, -0.15) is 0 Å². The van der Waals surface area contributed by atoms with E-state index < -0.39 is 24.2 Å². The van der Waals surface area contributed by atoms with Crippen molar-refractivity contribution in [1.82, 2.24) is 4.90 Å². The Morgan fingerprint density at radius 1 is 1.15 bits per heavy atom. The van der Waals surface area contributed by atoms with Crippen molar-refractivity contribution < 1.29 is 27.6 Å². The molecule has 27 heavy (non-hydrogen) atoms. The highest BCUT2D eigenvalue weighted by Gasteiger charge is 2.51. The molecule has 148 valence electrons. The van der Waals surface area contributed by atoms with Crippen molar-refractivity contribution in [3.05, 3.63) is 24.3 Å². The van der Waals surface area contributed by atoms with Crippen LogP contribution in [0, 0.1) is 0 Å². The van der Waals surface area contributed by atoms with Gasteiger partial charge in [-0.15, -0.1) is 0 Å². The predicted octanol–water partition coefficient (Wildman–Crippen LogP) is 2.62. The van der Waals surface area contributed by atoms with Gasteiger partial charge in [0.25, 0.3) is 11.8 Å². The van der Waals surface area contributed by atoms with Crippen LogP contribution in [0.4, 0.5) is 8.78 Å². The Hall–Kier alpha value is -1.67. The number of alkyl halides is 2. The number of nitrogens with zero attached hydrogens (tertiary/aromatic N) is 1. The molecule has 0 unspecified atom stereocenters. The van der Waals surface area contributed by atoms with Crippen molar-refractivity contribution in [3.63, 3.8) is 0 Å². The van der Waals surface area contributed by atoms with Crippen molar-refractivity contribution in [3.8, 4) is 5.75 Å². The van der Waals surface area contributed by atoms with Crippen LogP contribution < -0.4 is 10.2 Å². The second-order valence-electron chi connectivity index (χ2n) is 8.19.